The third-order valence-electron chi connectivity index (χ3n) is 2.41. The molecule has 0 aliphatic carbocycles. The number of carboxylic acids is 1. The minimum Gasteiger partial charge on any atom is -0.493 e. The summed E-state index contributed by atoms with van der Waals surface area (Å²) >= 11 is 3.26. The molecule has 0 aliphatic rings. The number of amides is 1. The Balaban J connectivity index is 3.05. The quantitative estimate of drug-likeness (QED) is 0.857. The molecule has 0 saturated carbocycles. The van der Waals surface area contributed by atoms with Gasteiger partial charge in [-0.3, -0.25) is 9.59 Å². The van der Waals surface area contributed by atoms with Crippen LogP contribution in [0.3, 0.4) is 0 Å². The van der Waals surface area contributed by atoms with E-state index in [4.69, 9.17) is 14.6 Å². The van der Waals surface area contributed by atoms with Crippen LogP contribution >= 0.6 is 15.9 Å². The summed E-state index contributed by atoms with van der Waals surface area (Å²) in [5, 5.41) is 11.1. The van der Waals surface area contributed by atoms with E-state index in [-0.39, 0.29) is 5.56 Å². The van der Waals surface area contributed by atoms with Gasteiger partial charge in [-0.05, 0) is 35.0 Å². The lowest BCUT2D eigenvalue weighted by Gasteiger charge is -2.13. The van der Waals surface area contributed by atoms with Crippen LogP contribution in [0, 0.1) is 0 Å². The Labute approximate surface area is 118 Å². The van der Waals surface area contributed by atoms with Gasteiger partial charge in [0.15, 0.2) is 11.5 Å². The molecular weight excluding hydrogens is 318 g/mol. The highest BCUT2D eigenvalue weighted by Crippen LogP contribution is 2.36. The molecule has 0 bridgehead atoms. The molecule has 1 rings (SSSR count). The van der Waals surface area contributed by atoms with Crippen LogP contribution in [0.25, 0.3) is 0 Å². The fourth-order valence-corrected chi connectivity index (χ4v) is 1.99. The minimum absolute atomic E-state index is 0.276. The molecule has 1 amide bonds. The number of hydrogen-bond acceptors (Lipinski definition) is 4. The van der Waals surface area contributed by atoms with Crippen LogP contribution in [-0.2, 0) is 4.79 Å². The molecule has 2 N–H and O–H groups in total. The van der Waals surface area contributed by atoms with Gasteiger partial charge in [-0.1, -0.05) is 0 Å². The van der Waals surface area contributed by atoms with Gasteiger partial charge in [0.25, 0.3) is 5.91 Å². The van der Waals surface area contributed by atoms with Crippen LogP contribution in [0.15, 0.2) is 16.6 Å². The summed E-state index contributed by atoms with van der Waals surface area (Å²) < 4.78 is 10.8. The van der Waals surface area contributed by atoms with Crippen LogP contribution < -0.4 is 14.8 Å². The molecule has 0 radical (unpaired) electrons. The first-order valence-corrected chi connectivity index (χ1v) is 6.15. The molecule has 104 valence electrons. The van der Waals surface area contributed by atoms with Crippen molar-refractivity contribution < 1.29 is 24.2 Å². The van der Waals surface area contributed by atoms with E-state index in [1.165, 1.54) is 33.3 Å². The average molecular weight is 332 g/mol. The molecule has 0 aliphatic heterocycles. The number of rotatable bonds is 5. The fraction of sp³-hybridized carbons (Fsp3) is 0.333. The number of carboxylic acid groups (broad SMARTS) is 1. The molecule has 19 heavy (non-hydrogen) atoms. The molecule has 6 nitrogen and oxygen atoms in total. The summed E-state index contributed by atoms with van der Waals surface area (Å²) in [7, 11) is 2.93. The molecule has 0 aromatic heterocycles. The number of benzene rings is 1. The van der Waals surface area contributed by atoms with Gasteiger partial charge in [0, 0.05) is 5.56 Å². The standard InChI is InChI=1S/C12H14BrNO5/c1-6(12(16)17)14-11(15)7-4-8(13)10(19-3)9(5-7)18-2/h4-6H,1-3H3,(H,14,15)(H,16,17)/t6-/m0/s1. The first-order chi connectivity index (χ1) is 8.90. The van der Waals surface area contributed by atoms with Crippen molar-refractivity contribution in [2.24, 2.45) is 0 Å². The smallest absolute Gasteiger partial charge is 0.325 e. The third-order valence-corrected chi connectivity index (χ3v) is 3.00. The predicted molar refractivity (Wildman–Crippen MR) is 71.8 cm³/mol. The van der Waals surface area contributed by atoms with Crippen molar-refractivity contribution in [1.82, 2.24) is 5.32 Å². The maximum atomic E-state index is 11.9. The fourth-order valence-electron chi connectivity index (χ4n) is 1.39. The first-order valence-electron chi connectivity index (χ1n) is 5.35. The summed E-state index contributed by atoms with van der Waals surface area (Å²) in [5.41, 5.74) is 0.276. The SMILES string of the molecule is COc1cc(C(=O)N[C@@H](C)C(=O)O)cc(Br)c1OC. The normalized spacial score (nSPS) is 11.6. The lowest BCUT2D eigenvalue weighted by atomic mass is 10.1. The molecule has 0 saturated heterocycles. The summed E-state index contributed by atoms with van der Waals surface area (Å²) in [5.74, 6) is -0.764. The van der Waals surface area contributed by atoms with Gasteiger partial charge in [0.1, 0.15) is 6.04 Å². The van der Waals surface area contributed by atoms with E-state index in [2.05, 4.69) is 21.2 Å². The Kier molecular flexibility index (Phi) is 5.17. The highest BCUT2D eigenvalue weighted by atomic mass is 79.9. The van der Waals surface area contributed by atoms with E-state index in [1.807, 2.05) is 0 Å². The van der Waals surface area contributed by atoms with E-state index in [9.17, 15) is 9.59 Å². The van der Waals surface area contributed by atoms with Gasteiger partial charge in [-0.25, -0.2) is 0 Å². The van der Waals surface area contributed by atoms with Gasteiger partial charge in [0.2, 0.25) is 0 Å². The van der Waals surface area contributed by atoms with Crippen molar-refractivity contribution in [1.29, 1.82) is 0 Å². The maximum Gasteiger partial charge on any atom is 0.325 e. The molecule has 7 heteroatoms. The number of ether oxygens (including phenoxy) is 2. The number of carbonyl (C=O) groups excluding carboxylic acids is 1. The Bertz CT molecular complexity index is 503. The molecule has 1 aromatic rings. The van der Waals surface area contributed by atoms with Gasteiger partial charge in [-0.2, -0.15) is 0 Å². The maximum absolute atomic E-state index is 11.9. The van der Waals surface area contributed by atoms with E-state index in [0.29, 0.717) is 16.0 Å². The Hall–Kier alpha value is -1.76. The van der Waals surface area contributed by atoms with E-state index < -0.39 is 17.9 Å². The lowest BCUT2D eigenvalue weighted by molar-refractivity contribution is -0.138. The second-order valence-electron chi connectivity index (χ2n) is 3.73. The topological polar surface area (TPSA) is 84.9 Å². The number of hydrogen-bond donors (Lipinski definition) is 2. The predicted octanol–water partition coefficient (Wildman–Crippen LogP) is 1.67. The number of methoxy groups -OCH3 is 2. The summed E-state index contributed by atoms with van der Waals surface area (Å²) in [6.07, 6.45) is 0. The highest BCUT2D eigenvalue weighted by Gasteiger charge is 2.18. The molecule has 0 heterocycles. The van der Waals surface area contributed by atoms with E-state index >= 15 is 0 Å². The average Bonchev–Trinajstić information content (AvgIpc) is 2.37. The van der Waals surface area contributed by atoms with Gasteiger partial charge >= 0.3 is 5.97 Å². The monoisotopic (exact) mass is 331 g/mol. The molecule has 1 aromatic carbocycles. The number of halogens is 1. The van der Waals surface area contributed by atoms with Gasteiger partial charge in [0.05, 0.1) is 18.7 Å². The zero-order valence-corrected chi connectivity index (χ0v) is 12.3. The number of carbonyl (C=O) groups is 2. The molecule has 0 fully saturated rings. The number of nitrogens with one attached hydrogen (secondary N) is 1. The third kappa shape index (κ3) is 3.60. The minimum atomic E-state index is -1.10. The van der Waals surface area contributed by atoms with Crippen LogP contribution in [0.5, 0.6) is 11.5 Å². The molecule has 0 unspecified atom stereocenters. The van der Waals surface area contributed by atoms with Crippen LogP contribution in [0.2, 0.25) is 0 Å². The number of aliphatic carboxylic acids is 1. The molecule has 0 spiro atoms. The van der Waals surface area contributed by atoms with Gasteiger partial charge < -0.3 is 19.9 Å². The molecule has 1 atom stereocenters. The van der Waals surface area contributed by atoms with Crippen LogP contribution in [0.1, 0.15) is 17.3 Å². The summed E-state index contributed by atoms with van der Waals surface area (Å²) in [6, 6.07) is 2.04. The van der Waals surface area contributed by atoms with Crippen molar-refractivity contribution >= 4 is 27.8 Å². The van der Waals surface area contributed by atoms with Crippen LogP contribution in [0.4, 0.5) is 0 Å². The highest BCUT2D eigenvalue weighted by molar-refractivity contribution is 9.10. The van der Waals surface area contributed by atoms with Crippen molar-refractivity contribution in [2.45, 2.75) is 13.0 Å². The Morgan fingerprint density at radius 2 is 1.95 bits per heavy atom. The Morgan fingerprint density at radius 3 is 2.42 bits per heavy atom. The zero-order chi connectivity index (χ0) is 14.6. The van der Waals surface area contributed by atoms with Crippen molar-refractivity contribution in [3.8, 4) is 11.5 Å². The zero-order valence-electron chi connectivity index (χ0n) is 10.7. The molecular formula is C12H14BrNO5. The first kappa shape index (κ1) is 15.3. The Morgan fingerprint density at radius 1 is 1.32 bits per heavy atom. The summed E-state index contributed by atoms with van der Waals surface area (Å²) in [4.78, 5) is 22.6. The van der Waals surface area contributed by atoms with Crippen molar-refractivity contribution in [2.75, 3.05) is 14.2 Å². The summed E-state index contributed by atoms with van der Waals surface area (Å²) in [6.45, 7) is 1.38. The van der Waals surface area contributed by atoms with Gasteiger partial charge in [-0.15, -0.1) is 0 Å². The second-order valence-corrected chi connectivity index (χ2v) is 4.58. The van der Waals surface area contributed by atoms with Crippen molar-refractivity contribution in [3.63, 3.8) is 0 Å². The largest absolute Gasteiger partial charge is 0.493 e. The lowest BCUT2D eigenvalue weighted by Crippen LogP contribution is -2.38. The van der Waals surface area contributed by atoms with E-state index in [0.717, 1.165) is 0 Å². The van der Waals surface area contributed by atoms with E-state index in [1.54, 1.807) is 0 Å². The van der Waals surface area contributed by atoms with Crippen LogP contribution in [-0.4, -0.2) is 37.2 Å². The van der Waals surface area contributed by atoms with Crippen molar-refractivity contribution in [3.05, 3.63) is 22.2 Å². The second kappa shape index (κ2) is 6.42.